The molecule has 2 unspecified atom stereocenters. The van der Waals surface area contributed by atoms with E-state index in [9.17, 15) is 13.2 Å². The van der Waals surface area contributed by atoms with Gasteiger partial charge in [0.2, 0.25) is 0 Å². The van der Waals surface area contributed by atoms with E-state index in [0.29, 0.717) is 25.6 Å². The Labute approximate surface area is 110 Å². The van der Waals surface area contributed by atoms with Crippen LogP contribution in [0.2, 0.25) is 0 Å². The number of rotatable bonds is 5. The van der Waals surface area contributed by atoms with Gasteiger partial charge in [0.25, 0.3) is 0 Å². The zero-order valence-corrected chi connectivity index (χ0v) is 11.2. The Kier molecular flexibility index (Phi) is 5.81. The number of hydrogen-bond acceptors (Lipinski definition) is 3. The van der Waals surface area contributed by atoms with Gasteiger partial charge in [0, 0.05) is 20.2 Å². The van der Waals surface area contributed by atoms with Gasteiger partial charge in [-0.25, -0.2) is 0 Å². The van der Waals surface area contributed by atoms with Gasteiger partial charge in [0.1, 0.15) is 5.92 Å². The van der Waals surface area contributed by atoms with E-state index >= 15 is 0 Å². The fourth-order valence-electron chi connectivity index (χ4n) is 2.30. The number of piperidine rings is 1. The molecule has 0 saturated carbocycles. The van der Waals surface area contributed by atoms with Crippen molar-refractivity contribution in [3.63, 3.8) is 0 Å². The van der Waals surface area contributed by atoms with Gasteiger partial charge in [0.15, 0.2) is 0 Å². The van der Waals surface area contributed by atoms with E-state index in [2.05, 4.69) is 12.2 Å². The highest BCUT2D eigenvalue weighted by atomic mass is 32.1. The van der Waals surface area contributed by atoms with Gasteiger partial charge in [-0.15, -0.1) is 0 Å². The summed E-state index contributed by atoms with van der Waals surface area (Å²) in [5.41, 5.74) is 5.19. The van der Waals surface area contributed by atoms with E-state index < -0.39 is 17.1 Å². The molecule has 106 valence electrons. The molecule has 0 amide bonds. The summed E-state index contributed by atoms with van der Waals surface area (Å²) in [4.78, 5) is 1.31. The second kappa shape index (κ2) is 6.68. The Morgan fingerprint density at radius 3 is 2.72 bits per heavy atom. The van der Waals surface area contributed by atoms with Crippen LogP contribution in [0.1, 0.15) is 12.8 Å². The number of ether oxygens (including phenoxy) is 1. The summed E-state index contributed by atoms with van der Waals surface area (Å²) >= 11 is 4.52. The van der Waals surface area contributed by atoms with Gasteiger partial charge in [0.05, 0.1) is 11.6 Å². The topological polar surface area (TPSA) is 38.5 Å². The van der Waals surface area contributed by atoms with Gasteiger partial charge in [-0.05, 0) is 25.3 Å². The largest absolute Gasteiger partial charge is 0.399 e. The van der Waals surface area contributed by atoms with Crippen molar-refractivity contribution < 1.29 is 17.9 Å². The second-order valence-corrected chi connectivity index (χ2v) is 5.19. The lowest BCUT2D eigenvalue weighted by molar-refractivity contribution is -0.160. The minimum atomic E-state index is -4.36. The third-order valence-corrected chi connectivity index (χ3v) is 3.47. The molecule has 7 heteroatoms. The lowest BCUT2D eigenvalue weighted by Gasteiger charge is -2.34. The summed E-state index contributed by atoms with van der Waals surface area (Å²) in [5, 5.41) is 0. The third kappa shape index (κ3) is 4.70. The molecule has 2 atom stereocenters. The minimum absolute atomic E-state index is 0.140. The van der Waals surface area contributed by atoms with E-state index in [1.54, 1.807) is 12.0 Å². The molecule has 1 saturated heterocycles. The number of likely N-dealkylation sites (tertiary alicyclic amines) is 1. The molecule has 1 aliphatic heterocycles. The molecule has 1 heterocycles. The first-order valence-corrected chi connectivity index (χ1v) is 6.32. The molecule has 1 fully saturated rings. The van der Waals surface area contributed by atoms with E-state index in [-0.39, 0.29) is 6.54 Å². The average Bonchev–Trinajstić information content (AvgIpc) is 2.25. The lowest BCUT2D eigenvalue weighted by atomic mass is 9.97. The maximum absolute atomic E-state index is 12.8. The van der Waals surface area contributed by atoms with Gasteiger partial charge >= 0.3 is 6.18 Å². The average molecular weight is 284 g/mol. The van der Waals surface area contributed by atoms with E-state index in [0.717, 1.165) is 12.8 Å². The van der Waals surface area contributed by atoms with Gasteiger partial charge < -0.3 is 15.4 Å². The monoisotopic (exact) mass is 284 g/mol. The van der Waals surface area contributed by atoms with Crippen LogP contribution in [0.15, 0.2) is 0 Å². The third-order valence-electron chi connectivity index (χ3n) is 3.18. The summed E-state index contributed by atoms with van der Waals surface area (Å²) in [6.07, 6.45) is -2.48. The molecule has 0 spiro atoms. The zero-order valence-electron chi connectivity index (χ0n) is 10.4. The van der Waals surface area contributed by atoms with Crippen molar-refractivity contribution in [2.45, 2.75) is 19.0 Å². The highest BCUT2D eigenvalue weighted by molar-refractivity contribution is 7.80. The Balaban J connectivity index is 2.56. The van der Waals surface area contributed by atoms with Crippen LogP contribution in [-0.2, 0) is 4.74 Å². The Morgan fingerprint density at radius 1 is 1.56 bits per heavy atom. The Hall–Kier alpha value is -0.400. The molecular formula is C11H19F3N2OS. The van der Waals surface area contributed by atoms with Gasteiger partial charge in [-0.1, -0.05) is 12.2 Å². The van der Waals surface area contributed by atoms with Gasteiger partial charge in [-0.2, -0.15) is 13.2 Å². The summed E-state index contributed by atoms with van der Waals surface area (Å²) in [7, 11) is 1.60. The quantitative estimate of drug-likeness (QED) is 0.782. The predicted octanol–water partition coefficient (Wildman–Crippen LogP) is 1.81. The van der Waals surface area contributed by atoms with Crippen LogP contribution in [0.25, 0.3) is 0 Å². The maximum atomic E-state index is 12.8. The van der Waals surface area contributed by atoms with Crippen molar-refractivity contribution in [2.24, 2.45) is 17.6 Å². The summed E-state index contributed by atoms with van der Waals surface area (Å²) in [6.45, 7) is 1.72. The fraction of sp³-hybridized carbons (Fsp3) is 0.909. The van der Waals surface area contributed by atoms with Crippen molar-refractivity contribution in [1.82, 2.24) is 4.90 Å². The molecule has 2 N–H and O–H groups in total. The van der Waals surface area contributed by atoms with Crippen LogP contribution >= 0.6 is 12.2 Å². The van der Waals surface area contributed by atoms with Crippen molar-refractivity contribution >= 4 is 17.2 Å². The number of nitrogens with zero attached hydrogens (tertiary/aromatic N) is 1. The molecule has 1 aliphatic rings. The minimum Gasteiger partial charge on any atom is -0.393 e. The highest BCUT2D eigenvalue weighted by Crippen LogP contribution is 2.28. The van der Waals surface area contributed by atoms with E-state index in [1.165, 1.54) is 0 Å². The molecule has 0 aromatic heterocycles. The number of hydrogen-bond donors (Lipinski definition) is 1. The maximum Gasteiger partial charge on any atom is 0.399 e. The molecule has 0 aliphatic carbocycles. The second-order valence-electron chi connectivity index (χ2n) is 4.72. The summed E-state index contributed by atoms with van der Waals surface area (Å²) in [5.74, 6) is -1.42. The van der Waals surface area contributed by atoms with Crippen molar-refractivity contribution in [2.75, 3.05) is 33.4 Å². The highest BCUT2D eigenvalue weighted by Gasteiger charge is 2.43. The van der Waals surface area contributed by atoms with Crippen molar-refractivity contribution in [3.05, 3.63) is 0 Å². The summed E-state index contributed by atoms with van der Waals surface area (Å²) < 4.78 is 43.3. The SMILES string of the molecule is COCC1CCCN(CC(C(N)=S)C(F)(F)F)C1. The Morgan fingerprint density at radius 2 is 2.22 bits per heavy atom. The number of halogens is 3. The van der Waals surface area contributed by atoms with Crippen LogP contribution in [0.3, 0.4) is 0 Å². The van der Waals surface area contributed by atoms with E-state index in [1.807, 2.05) is 0 Å². The van der Waals surface area contributed by atoms with Crippen LogP contribution in [0, 0.1) is 11.8 Å². The normalized spacial score (nSPS) is 23.9. The number of alkyl halides is 3. The number of methoxy groups -OCH3 is 1. The Bertz CT molecular complexity index is 284. The first kappa shape index (κ1) is 15.7. The van der Waals surface area contributed by atoms with E-state index in [4.69, 9.17) is 10.5 Å². The molecular weight excluding hydrogens is 265 g/mol. The standard InChI is InChI=1S/C11H19F3N2OS/c1-17-7-8-3-2-4-16(5-8)6-9(10(15)18)11(12,13)14/h8-9H,2-7H2,1H3,(H2,15,18). The van der Waals surface area contributed by atoms with Gasteiger partial charge in [-0.3, -0.25) is 0 Å². The lowest BCUT2D eigenvalue weighted by Crippen LogP contribution is -2.47. The molecule has 0 bridgehead atoms. The van der Waals surface area contributed by atoms with Crippen LogP contribution in [0.5, 0.6) is 0 Å². The molecule has 18 heavy (non-hydrogen) atoms. The van der Waals surface area contributed by atoms with Crippen LogP contribution < -0.4 is 5.73 Å². The van der Waals surface area contributed by atoms with Crippen LogP contribution in [0.4, 0.5) is 13.2 Å². The first-order valence-electron chi connectivity index (χ1n) is 5.92. The molecule has 3 nitrogen and oxygen atoms in total. The first-order chi connectivity index (χ1) is 8.34. The predicted molar refractivity (Wildman–Crippen MR) is 67.4 cm³/mol. The summed E-state index contributed by atoms with van der Waals surface area (Å²) in [6, 6.07) is 0. The fourth-order valence-corrected chi connectivity index (χ4v) is 2.51. The smallest absolute Gasteiger partial charge is 0.393 e. The van der Waals surface area contributed by atoms with Crippen molar-refractivity contribution in [1.29, 1.82) is 0 Å². The number of thiocarbonyl (C=S) groups is 1. The number of nitrogens with two attached hydrogens (primary N) is 1. The zero-order chi connectivity index (χ0) is 13.8. The molecule has 0 aromatic rings. The van der Waals surface area contributed by atoms with Crippen molar-refractivity contribution in [3.8, 4) is 0 Å². The molecule has 1 rings (SSSR count). The molecule has 0 aromatic carbocycles. The molecule has 0 radical (unpaired) electrons. The van der Waals surface area contributed by atoms with Crippen LogP contribution in [-0.4, -0.2) is 49.4 Å².